The van der Waals surface area contributed by atoms with E-state index in [2.05, 4.69) is 18.8 Å². The number of nitrogens with two attached hydrogens (primary N) is 1. The lowest BCUT2D eigenvalue weighted by Crippen LogP contribution is -1.99. The van der Waals surface area contributed by atoms with Crippen molar-refractivity contribution in [1.29, 1.82) is 0 Å². The normalized spacial score (nSPS) is 9.53. The average Bonchev–Trinajstić information content (AvgIpc) is 2.38. The van der Waals surface area contributed by atoms with Crippen molar-refractivity contribution in [2.45, 2.75) is 39.2 Å². The molecule has 1 aromatic rings. The zero-order chi connectivity index (χ0) is 12.3. The van der Waals surface area contributed by atoms with E-state index in [1.165, 1.54) is 0 Å². The summed E-state index contributed by atoms with van der Waals surface area (Å²) in [5.74, 6) is 7.11. The second-order valence-electron chi connectivity index (χ2n) is 3.86. The molecule has 1 rings (SSSR count). The minimum Gasteiger partial charge on any atom is -0.494 e. The van der Waals surface area contributed by atoms with Crippen molar-refractivity contribution in [1.82, 2.24) is 0 Å². The molecule has 2 heteroatoms. The van der Waals surface area contributed by atoms with Crippen molar-refractivity contribution in [3.63, 3.8) is 0 Å². The van der Waals surface area contributed by atoms with Crippen LogP contribution in [0.5, 0.6) is 5.75 Å². The molecule has 0 aromatic heterocycles. The van der Waals surface area contributed by atoms with Crippen LogP contribution in [-0.2, 0) is 6.54 Å². The second-order valence-corrected chi connectivity index (χ2v) is 3.86. The first-order chi connectivity index (χ1) is 8.36. The molecule has 0 radical (unpaired) electrons. The predicted octanol–water partition coefficient (Wildman–Crippen LogP) is 3.11. The molecule has 2 nitrogen and oxygen atoms in total. The number of rotatable bonds is 6. The van der Waals surface area contributed by atoms with Gasteiger partial charge in [0.05, 0.1) is 6.61 Å². The van der Waals surface area contributed by atoms with Gasteiger partial charge in [0.1, 0.15) is 5.75 Å². The van der Waals surface area contributed by atoms with Gasteiger partial charge in [0.15, 0.2) is 0 Å². The van der Waals surface area contributed by atoms with Crippen LogP contribution in [0.3, 0.4) is 0 Å². The molecule has 0 spiro atoms. The minimum absolute atomic E-state index is 0.559. The van der Waals surface area contributed by atoms with Crippen LogP contribution < -0.4 is 10.5 Å². The van der Waals surface area contributed by atoms with Gasteiger partial charge in [-0.2, -0.15) is 0 Å². The first-order valence-corrected chi connectivity index (χ1v) is 6.24. The molecule has 0 aliphatic heterocycles. The summed E-state index contributed by atoms with van der Waals surface area (Å²) in [6.07, 6.45) is 4.07. The molecule has 0 saturated heterocycles. The van der Waals surface area contributed by atoms with Gasteiger partial charge in [-0.3, -0.25) is 0 Å². The topological polar surface area (TPSA) is 35.2 Å². The maximum Gasteiger partial charge on any atom is 0.119 e. The molecule has 0 unspecified atom stereocenters. The van der Waals surface area contributed by atoms with E-state index in [1.54, 1.807) is 0 Å². The van der Waals surface area contributed by atoms with Crippen molar-refractivity contribution in [3.05, 3.63) is 29.8 Å². The van der Waals surface area contributed by atoms with Gasteiger partial charge >= 0.3 is 0 Å². The van der Waals surface area contributed by atoms with E-state index in [4.69, 9.17) is 10.5 Å². The Kier molecular flexibility index (Phi) is 6.93. The summed E-state index contributed by atoms with van der Waals surface area (Å²) in [5, 5.41) is 0. The molecular formula is C15H21NO. The van der Waals surface area contributed by atoms with Crippen molar-refractivity contribution < 1.29 is 4.74 Å². The number of hydrogen-bond donors (Lipinski definition) is 1. The molecule has 0 aliphatic carbocycles. The van der Waals surface area contributed by atoms with Crippen LogP contribution in [0.1, 0.15) is 38.2 Å². The predicted molar refractivity (Wildman–Crippen MR) is 71.7 cm³/mol. The molecule has 0 aliphatic rings. The summed E-state index contributed by atoms with van der Waals surface area (Å²) in [7, 11) is 0. The third-order valence-corrected chi connectivity index (χ3v) is 2.40. The summed E-state index contributed by atoms with van der Waals surface area (Å²) >= 11 is 0. The first-order valence-electron chi connectivity index (χ1n) is 6.24. The van der Waals surface area contributed by atoms with Gasteiger partial charge in [0, 0.05) is 19.4 Å². The summed E-state index contributed by atoms with van der Waals surface area (Å²) < 4.78 is 5.65. The van der Waals surface area contributed by atoms with Gasteiger partial charge in [0.2, 0.25) is 0 Å². The van der Waals surface area contributed by atoms with Crippen molar-refractivity contribution >= 4 is 0 Å². The molecule has 0 atom stereocenters. The molecule has 17 heavy (non-hydrogen) atoms. The van der Waals surface area contributed by atoms with E-state index in [-0.39, 0.29) is 0 Å². The number of benzene rings is 1. The van der Waals surface area contributed by atoms with Gasteiger partial charge < -0.3 is 10.5 Å². The van der Waals surface area contributed by atoms with Gasteiger partial charge in [0.25, 0.3) is 0 Å². The number of ether oxygens (including phenoxy) is 1. The molecule has 92 valence electrons. The highest BCUT2D eigenvalue weighted by molar-refractivity contribution is 5.28. The lowest BCUT2D eigenvalue weighted by molar-refractivity contribution is 0.307. The summed E-state index contributed by atoms with van der Waals surface area (Å²) in [4.78, 5) is 0. The Bertz CT molecular complexity index is 376. The van der Waals surface area contributed by atoms with Gasteiger partial charge in [-0.1, -0.05) is 19.1 Å². The van der Waals surface area contributed by atoms with Gasteiger partial charge in [-0.15, -0.1) is 11.8 Å². The smallest absolute Gasteiger partial charge is 0.119 e. The Morgan fingerprint density at radius 3 is 2.88 bits per heavy atom. The maximum atomic E-state index is 5.65. The Morgan fingerprint density at radius 1 is 1.24 bits per heavy atom. The monoisotopic (exact) mass is 231 g/mol. The van der Waals surface area contributed by atoms with E-state index in [0.29, 0.717) is 6.54 Å². The van der Waals surface area contributed by atoms with E-state index >= 15 is 0 Å². The highest BCUT2D eigenvalue weighted by Crippen LogP contribution is 2.13. The first kappa shape index (κ1) is 13.6. The summed E-state index contributed by atoms with van der Waals surface area (Å²) in [6.45, 7) is 3.38. The molecule has 0 saturated carbocycles. The van der Waals surface area contributed by atoms with Crippen LogP contribution in [0.2, 0.25) is 0 Å². The number of hydrogen-bond acceptors (Lipinski definition) is 2. The van der Waals surface area contributed by atoms with Crippen LogP contribution in [0, 0.1) is 11.8 Å². The Balaban J connectivity index is 2.17. The van der Waals surface area contributed by atoms with Crippen molar-refractivity contribution in [2.75, 3.05) is 6.61 Å². The molecular weight excluding hydrogens is 210 g/mol. The molecule has 0 amide bonds. The Morgan fingerprint density at radius 2 is 2.12 bits per heavy atom. The van der Waals surface area contributed by atoms with E-state index < -0.39 is 0 Å². The largest absolute Gasteiger partial charge is 0.494 e. The Labute approximate surface area is 104 Å². The third-order valence-electron chi connectivity index (χ3n) is 2.40. The maximum absolute atomic E-state index is 5.65. The highest BCUT2D eigenvalue weighted by atomic mass is 16.5. The molecule has 0 bridgehead atoms. The lowest BCUT2D eigenvalue weighted by Gasteiger charge is -2.06. The van der Waals surface area contributed by atoms with E-state index in [1.807, 2.05) is 24.3 Å². The average molecular weight is 231 g/mol. The van der Waals surface area contributed by atoms with E-state index in [9.17, 15) is 0 Å². The van der Waals surface area contributed by atoms with E-state index in [0.717, 1.165) is 43.6 Å². The van der Waals surface area contributed by atoms with Crippen molar-refractivity contribution in [2.24, 2.45) is 5.73 Å². The van der Waals surface area contributed by atoms with Crippen LogP contribution in [0.4, 0.5) is 0 Å². The third kappa shape index (κ3) is 5.99. The quantitative estimate of drug-likeness (QED) is 0.603. The molecule has 1 aromatic carbocycles. The minimum atomic E-state index is 0.559. The Hall–Kier alpha value is -1.46. The zero-order valence-corrected chi connectivity index (χ0v) is 10.5. The summed E-state index contributed by atoms with van der Waals surface area (Å²) in [5.41, 5.74) is 6.68. The standard InChI is InChI=1S/C15H21NO/c1-2-3-4-5-6-7-11-17-15-10-8-9-14(12-15)13-16/h8-10,12H,2,5-7,11,13,16H2,1H3. The van der Waals surface area contributed by atoms with Gasteiger partial charge in [-0.25, -0.2) is 0 Å². The SMILES string of the molecule is CCC#CCCCCOc1cccc(CN)c1. The van der Waals surface area contributed by atoms with Crippen molar-refractivity contribution in [3.8, 4) is 17.6 Å². The molecule has 0 heterocycles. The summed E-state index contributed by atoms with van der Waals surface area (Å²) in [6, 6.07) is 7.95. The lowest BCUT2D eigenvalue weighted by atomic mass is 10.2. The molecule has 0 fully saturated rings. The fourth-order valence-electron chi connectivity index (χ4n) is 1.48. The fourth-order valence-corrected chi connectivity index (χ4v) is 1.48. The zero-order valence-electron chi connectivity index (χ0n) is 10.5. The number of unbranched alkanes of at least 4 members (excludes halogenated alkanes) is 2. The van der Waals surface area contributed by atoms with Gasteiger partial charge in [-0.05, 0) is 30.5 Å². The van der Waals surface area contributed by atoms with Crippen LogP contribution in [0.25, 0.3) is 0 Å². The second kappa shape index (κ2) is 8.66. The van der Waals surface area contributed by atoms with Crippen LogP contribution in [0.15, 0.2) is 24.3 Å². The highest BCUT2D eigenvalue weighted by Gasteiger charge is 1.95. The molecule has 2 N–H and O–H groups in total. The fraction of sp³-hybridized carbons (Fsp3) is 0.467. The van der Waals surface area contributed by atoms with Crippen LogP contribution >= 0.6 is 0 Å². The van der Waals surface area contributed by atoms with Crippen LogP contribution in [-0.4, -0.2) is 6.61 Å².